The molecule has 0 amide bonds. The third-order valence-corrected chi connectivity index (χ3v) is 5.09. The lowest BCUT2D eigenvalue weighted by Crippen LogP contribution is -2.05. The predicted octanol–water partition coefficient (Wildman–Crippen LogP) is 4.05. The minimum absolute atomic E-state index is 0.128. The molecule has 0 atom stereocenters. The molecular weight excluding hydrogens is 306 g/mol. The second-order valence-electron chi connectivity index (χ2n) is 5.90. The summed E-state index contributed by atoms with van der Waals surface area (Å²) in [6.07, 6.45) is 2.37. The SMILES string of the molecule is Cc1nnc(SCC(=O)c2ccc3ccccc3c2)n1C1CC1. The van der Waals surface area contributed by atoms with Gasteiger partial charge in [-0.2, -0.15) is 0 Å². The summed E-state index contributed by atoms with van der Waals surface area (Å²) in [6.45, 7) is 1.97. The van der Waals surface area contributed by atoms with Crippen molar-refractivity contribution < 1.29 is 4.79 Å². The summed E-state index contributed by atoms with van der Waals surface area (Å²) in [6, 6.07) is 14.5. The Kier molecular flexibility index (Phi) is 3.65. The molecule has 4 rings (SSSR count). The average Bonchev–Trinajstić information content (AvgIpc) is 3.35. The lowest BCUT2D eigenvalue weighted by atomic mass is 10.1. The van der Waals surface area contributed by atoms with Crippen LogP contribution in [-0.2, 0) is 0 Å². The number of thioether (sulfide) groups is 1. The molecule has 2 aromatic carbocycles. The highest BCUT2D eigenvalue weighted by Gasteiger charge is 2.28. The van der Waals surface area contributed by atoms with Crippen molar-refractivity contribution in [1.29, 1.82) is 0 Å². The molecule has 1 saturated carbocycles. The number of fused-ring (bicyclic) bond motifs is 1. The number of nitrogens with zero attached hydrogens (tertiary/aromatic N) is 3. The summed E-state index contributed by atoms with van der Waals surface area (Å²) >= 11 is 1.48. The van der Waals surface area contributed by atoms with Gasteiger partial charge in [-0.1, -0.05) is 48.2 Å². The number of benzene rings is 2. The van der Waals surface area contributed by atoms with Gasteiger partial charge in [-0.05, 0) is 36.6 Å². The molecule has 1 heterocycles. The quantitative estimate of drug-likeness (QED) is 0.525. The topological polar surface area (TPSA) is 47.8 Å². The number of aryl methyl sites for hydroxylation is 1. The van der Waals surface area contributed by atoms with Crippen LogP contribution in [0.1, 0.15) is 35.1 Å². The van der Waals surface area contributed by atoms with Gasteiger partial charge in [-0.25, -0.2) is 0 Å². The van der Waals surface area contributed by atoms with Crippen molar-refractivity contribution in [3.63, 3.8) is 0 Å². The Morgan fingerprint density at radius 1 is 1.17 bits per heavy atom. The van der Waals surface area contributed by atoms with Crippen molar-refractivity contribution in [1.82, 2.24) is 14.8 Å². The summed E-state index contributed by atoms with van der Waals surface area (Å²) in [5.74, 6) is 1.46. The molecule has 1 fully saturated rings. The molecule has 5 heteroatoms. The monoisotopic (exact) mass is 323 g/mol. The zero-order chi connectivity index (χ0) is 15.8. The molecule has 116 valence electrons. The number of ketones is 1. The molecule has 4 nitrogen and oxygen atoms in total. The maximum Gasteiger partial charge on any atom is 0.191 e. The average molecular weight is 323 g/mol. The zero-order valence-electron chi connectivity index (χ0n) is 12.9. The smallest absolute Gasteiger partial charge is 0.191 e. The minimum atomic E-state index is 0.128. The minimum Gasteiger partial charge on any atom is -0.303 e. The lowest BCUT2D eigenvalue weighted by molar-refractivity contribution is 0.102. The largest absolute Gasteiger partial charge is 0.303 e. The Balaban J connectivity index is 1.51. The Labute approximate surface area is 138 Å². The van der Waals surface area contributed by atoms with E-state index in [2.05, 4.69) is 20.8 Å². The normalized spacial score (nSPS) is 14.3. The van der Waals surface area contributed by atoms with Crippen LogP contribution in [-0.4, -0.2) is 26.3 Å². The van der Waals surface area contributed by atoms with Gasteiger partial charge in [0, 0.05) is 11.6 Å². The van der Waals surface area contributed by atoms with Crippen molar-refractivity contribution in [3.8, 4) is 0 Å². The first-order valence-electron chi connectivity index (χ1n) is 7.78. The summed E-state index contributed by atoms with van der Waals surface area (Å²) in [7, 11) is 0. The lowest BCUT2D eigenvalue weighted by Gasteiger charge is -2.06. The number of carbonyl (C=O) groups is 1. The van der Waals surface area contributed by atoms with Crippen molar-refractivity contribution in [2.75, 3.05) is 5.75 Å². The fraction of sp³-hybridized carbons (Fsp3) is 0.278. The van der Waals surface area contributed by atoms with E-state index in [1.165, 1.54) is 24.6 Å². The third kappa shape index (κ3) is 2.88. The molecule has 0 N–H and O–H groups in total. The molecule has 3 aromatic rings. The van der Waals surface area contributed by atoms with Crippen LogP contribution < -0.4 is 0 Å². The fourth-order valence-electron chi connectivity index (χ4n) is 2.78. The maximum absolute atomic E-state index is 12.5. The van der Waals surface area contributed by atoms with E-state index in [9.17, 15) is 4.79 Å². The third-order valence-electron chi connectivity index (χ3n) is 4.15. The van der Waals surface area contributed by atoms with Crippen LogP contribution in [0.25, 0.3) is 10.8 Å². The first-order chi connectivity index (χ1) is 11.2. The van der Waals surface area contributed by atoms with E-state index >= 15 is 0 Å². The molecule has 23 heavy (non-hydrogen) atoms. The van der Waals surface area contributed by atoms with E-state index in [1.54, 1.807) is 0 Å². The number of aromatic nitrogens is 3. The number of carbonyl (C=O) groups excluding carboxylic acids is 1. The molecule has 1 aliphatic rings. The molecular formula is C18H17N3OS. The van der Waals surface area contributed by atoms with Crippen LogP contribution >= 0.6 is 11.8 Å². The van der Waals surface area contributed by atoms with Gasteiger partial charge in [0.05, 0.1) is 5.75 Å². The molecule has 1 aromatic heterocycles. The van der Waals surface area contributed by atoms with Gasteiger partial charge in [-0.3, -0.25) is 4.79 Å². The first kappa shape index (κ1) is 14.5. The van der Waals surface area contributed by atoms with Crippen molar-refractivity contribution in [3.05, 3.63) is 53.9 Å². The fourth-order valence-corrected chi connectivity index (χ4v) is 3.72. The number of hydrogen-bond acceptors (Lipinski definition) is 4. The van der Waals surface area contributed by atoms with Crippen LogP contribution in [0.3, 0.4) is 0 Å². The second kappa shape index (κ2) is 5.81. The van der Waals surface area contributed by atoms with E-state index in [0.29, 0.717) is 11.8 Å². The predicted molar refractivity (Wildman–Crippen MR) is 92.0 cm³/mol. The van der Waals surface area contributed by atoms with Crippen molar-refractivity contribution >= 4 is 28.3 Å². The van der Waals surface area contributed by atoms with Gasteiger partial charge >= 0.3 is 0 Å². The summed E-state index contributed by atoms with van der Waals surface area (Å²) in [5.41, 5.74) is 0.755. The van der Waals surface area contributed by atoms with Gasteiger partial charge in [-0.15, -0.1) is 10.2 Å². The Bertz CT molecular complexity index is 883. The summed E-state index contributed by atoms with van der Waals surface area (Å²) in [5, 5.41) is 11.5. The number of rotatable bonds is 5. The molecule has 1 aliphatic carbocycles. The molecule has 0 unspecified atom stereocenters. The second-order valence-corrected chi connectivity index (χ2v) is 6.85. The highest BCUT2D eigenvalue weighted by atomic mass is 32.2. The van der Waals surface area contributed by atoms with E-state index < -0.39 is 0 Å². The van der Waals surface area contributed by atoms with Crippen molar-refractivity contribution in [2.24, 2.45) is 0 Å². The summed E-state index contributed by atoms with van der Waals surface area (Å²) in [4.78, 5) is 12.5. The van der Waals surface area contributed by atoms with Crippen molar-refractivity contribution in [2.45, 2.75) is 31.0 Å². The van der Waals surface area contributed by atoms with Gasteiger partial charge in [0.2, 0.25) is 0 Å². The van der Waals surface area contributed by atoms with Crippen LogP contribution in [0.4, 0.5) is 0 Å². The highest BCUT2D eigenvalue weighted by Crippen LogP contribution is 2.38. The van der Waals surface area contributed by atoms with Gasteiger partial charge < -0.3 is 4.57 Å². The molecule has 0 saturated heterocycles. The Morgan fingerprint density at radius 3 is 2.74 bits per heavy atom. The van der Waals surface area contributed by atoms with Gasteiger partial charge in [0.1, 0.15) is 5.82 Å². The molecule has 0 aliphatic heterocycles. The number of hydrogen-bond donors (Lipinski definition) is 0. The van der Waals surface area contributed by atoms with Crippen LogP contribution in [0.2, 0.25) is 0 Å². The molecule has 0 spiro atoms. The standard InChI is InChI=1S/C18H17N3OS/c1-12-19-20-18(21(12)16-8-9-16)23-11-17(22)15-7-6-13-4-2-3-5-14(13)10-15/h2-7,10,16H,8-9,11H2,1H3. The number of Topliss-reactive ketones (excluding diaryl/α,β-unsaturated/α-hetero) is 1. The van der Waals surface area contributed by atoms with Gasteiger partial charge in [0.25, 0.3) is 0 Å². The first-order valence-corrected chi connectivity index (χ1v) is 8.77. The Morgan fingerprint density at radius 2 is 1.96 bits per heavy atom. The Hall–Kier alpha value is -2.14. The van der Waals surface area contributed by atoms with Crippen LogP contribution in [0.15, 0.2) is 47.6 Å². The van der Waals surface area contributed by atoms with Gasteiger partial charge in [0.15, 0.2) is 10.9 Å². The summed E-state index contributed by atoms with van der Waals surface area (Å²) < 4.78 is 2.17. The van der Waals surface area contributed by atoms with Crippen LogP contribution in [0, 0.1) is 6.92 Å². The molecule has 0 bridgehead atoms. The molecule has 0 radical (unpaired) electrons. The zero-order valence-corrected chi connectivity index (χ0v) is 13.7. The van der Waals surface area contributed by atoms with E-state index in [0.717, 1.165) is 27.3 Å². The van der Waals surface area contributed by atoms with E-state index in [-0.39, 0.29) is 5.78 Å². The van der Waals surface area contributed by atoms with E-state index in [4.69, 9.17) is 0 Å². The maximum atomic E-state index is 12.5. The van der Waals surface area contributed by atoms with E-state index in [1.807, 2.05) is 43.3 Å². The highest BCUT2D eigenvalue weighted by molar-refractivity contribution is 7.99. The van der Waals surface area contributed by atoms with Crippen LogP contribution in [0.5, 0.6) is 0 Å².